The van der Waals surface area contributed by atoms with Crippen molar-refractivity contribution in [3.63, 3.8) is 0 Å². The van der Waals surface area contributed by atoms with Crippen molar-refractivity contribution in [1.29, 1.82) is 0 Å². The second-order valence-electron chi connectivity index (χ2n) is 10.4. The van der Waals surface area contributed by atoms with Crippen molar-refractivity contribution in [2.45, 2.75) is 56.1 Å². The number of hydrogen-bond donors (Lipinski definition) is 3. The van der Waals surface area contributed by atoms with Crippen LogP contribution in [0.3, 0.4) is 0 Å². The smallest absolute Gasteiger partial charge is 0.422 e. The zero-order valence-electron chi connectivity index (χ0n) is 22.6. The molecule has 4 rings (SSSR count). The fraction of sp³-hybridized carbons (Fsp3) is 0.538. The van der Waals surface area contributed by atoms with E-state index in [0.717, 1.165) is 22.7 Å². The number of halogens is 6. The van der Waals surface area contributed by atoms with E-state index in [4.69, 9.17) is 0 Å². The SMILES string of the molecule is C[C@@H](O)[C@H]1C(=O)N2C(C(=O)OCC(F)(F)F)=C(S[C@@H]3CN[C@H](C(=O)Nc4cccc(C(=O)OCC(F)(F)F)c4)C3)[C@H](C)[C@H]12. The van der Waals surface area contributed by atoms with E-state index < -0.39 is 79.3 Å². The molecule has 3 aliphatic heterocycles. The number of β-lactam (4-membered cyclic amide) rings is 1. The molecule has 2 fully saturated rings. The normalized spacial score (nSPS) is 26.1. The Bertz CT molecular complexity index is 1320. The lowest BCUT2D eigenvalue weighted by atomic mass is 9.79. The van der Waals surface area contributed by atoms with Gasteiger partial charge in [0, 0.05) is 28.3 Å². The summed E-state index contributed by atoms with van der Waals surface area (Å²) in [4.78, 5) is 51.7. The number of aliphatic hydroxyl groups is 1. The number of esters is 2. The summed E-state index contributed by atoms with van der Waals surface area (Å²) in [5, 5.41) is 15.3. The van der Waals surface area contributed by atoms with Crippen molar-refractivity contribution < 1.29 is 60.1 Å². The van der Waals surface area contributed by atoms with Crippen LogP contribution >= 0.6 is 11.8 Å². The molecule has 1 aromatic rings. The monoisotopic (exact) mass is 639 g/mol. The molecule has 0 spiro atoms. The first-order chi connectivity index (χ1) is 20.0. The second kappa shape index (κ2) is 12.4. The van der Waals surface area contributed by atoms with Crippen molar-refractivity contribution in [2.24, 2.45) is 11.8 Å². The number of nitrogens with one attached hydrogen (secondary N) is 2. The first-order valence-electron chi connectivity index (χ1n) is 13.0. The van der Waals surface area contributed by atoms with E-state index >= 15 is 0 Å². The summed E-state index contributed by atoms with van der Waals surface area (Å²) < 4.78 is 83.9. The van der Waals surface area contributed by atoms with Gasteiger partial charge < -0.3 is 30.1 Å². The van der Waals surface area contributed by atoms with Crippen LogP contribution in [0.15, 0.2) is 34.9 Å². The lowest BCUT2D eigenvalue weighted by Gasteiger charge is -2.46. The molecule has 0 aliphatic carbocycles. The number of ether oxygens (including phenoxy) is 2. The number of amides is 2. The maximum atomic E-state index is 12.9. The van der Waals surface area contributed by atoms with Crippen molar-refractivity contribution in [2.75, 3.05) is 25.1 Å². The predicted molar refractivity (Wildman–Crippen MR) is 138 cm³/mol. The first-order valence-corrected chi connectivity index (χ1v) is 13.9. The Kier molecular flexibility index (Phi) is 9.37. The maximum Gasteiger partial charge on any atom is 0.422 e. The molecule has 0 unspecified atom stereocenters. The molecule has 236 valence electrons. The zero-order chi connectivity index (χ0) is 31.9. The van der Waals surface area contributed by atoms with E-state index in [-0.39, 0.29) is 35.2 Å². The molecule has 2 saturated heterocycles. The Morgan fingerprint density at radius 3 is 2.35 bits per heavy atom. The molecular formula is C26H27F6N3O7S. The maximum absolute atomic E-state index is 12.9. The number of aliphatic hydroxyl groups excluding tert-OH is 1. The first kappa shape index (κ1) is 32.6. The fourth-order valence-corrected chi connectivity index (χ4v) is 6.72. The van der Waals surface area contributed by atoms with Gasteiger partial charge in [0.05, 0.1) is 29.7 Å². The van der Waals surface area contributed by atoms with E-state index in [9.17, 15) is 50.6 Å². The van der Waals surface area contributed by atoms with Gasteiger partial charge in [0.2, 0.25) is 11.8 Å². The minimum Gasteiger partial charge on any atom is -0.452 e. The van der Waals surface area contributed by atoms with Crippen LogP contribution in [-0.2, 0) is 23.9 Å². The Balaban J connectivity index is 1.43. The fourth-order valence-electron chi connectivity index (χ4n) is 5.24. The summed E-state index contributed by atoms with van der Waals surface area (Å²) in [5.74, 6) is -5.04. The topological polar surface area (TPSA) is 134 Å². The Morgan fingerprint density at radius 1 is 1.12 bits per heavy atom. The van der Waals surface area contributed by atoms with Crippen molar-refractivity contribution in [3.05, 3.63) is 40.4 Å². The Hall–Kier alpha value is -3.31. The van der Waals surface area contributed by atoms with Crippen LogP contribution in [0.1, 0.15) is 30.6 Å². The third-order valence-corrected chi connectivity index (χ3v) is 8.61. The molecule has 0 aromatic heterocycles. The number of thioether (sulfide) groups is 1. The summed E-state index contributed by atoms with van der Waals surface area (Å²) >= 11 is 1.12. The molecular weight excluding hydrogens is 612 g/mol. The quantitative estimate of drug-likeness (QED) is 0.212. The number of rotatable bonds is 9. The predicted octanol–water partition coefficient (Wildman–Crippen LogP) is 2.98. The number of benzene rings is 1. The molecule has 1 aromatic carbocycles. The molecule has 43 heavy (non-hydrogen) atoms. The molecule has 0 saturated carbocycles. The van der Waals surface area contributed by atoms with Crippen LogP contribution in [0.2, 0.25) is 0 Å². The molecule has 17 heteroatoms. The standard InChI is InChI=1S/C26H27F6N3O7S/c1-11-18-17(12(2)36)22(38)35(18)19(24(40)42-10-26(30,31)32)20(11)43-15-7-16(33-8-15)21(37)34-14-5-3-4-13(6-14)23(39)41-9-25(27,28)29/h3-6,11-12,15-18,33,36H,7-10H2,1-2H3,(H,34,37)/t11-,12-,15+,16+,17-,18-/m1/s1. The molecule has 6 atom stereocenters. The molecule has 2 amide bonds. The number of fused-ring (bicyclic) bond motifs is 1. The Morgan fingerprint density at radius 2 is 1.74 bits per heavy atom. The van der Waals surface area contributed by atoms with Crippen LogP contribution in [-0.4, -0.2) is 89.3 Å². The minimum atomic E-state index is -4.78. The molecule has 0 radical (unpaired) electrons. The molecule has 3 heterocycles. The lowest BCUT2D eigenvalue weighted by molar-refractivity contribution is -0.186. The molecule has 0 bridgehead atoms. The van der Waals surface area contributed by atoms with E-state index in [1.165, 1.54) is 25.1 Å². The van der Waals surface area contributed by atoms with E-state index in [2.05, 4.69) is 20.1 Å². The summed E-state index contributed by atoms with van der Waals surface area (Å²) in [6.07, 6.45) is -10.3. The average Bonchev–Trinajstić information content (AvgIpc) is 3.46. The van der Waals surface area contributed by atoms with E-state index in [1.54, 1.807) is 6.92 Å². The molecule has 3 N–H and O–H groups in total. The van der Waals surface area contributed by atoms with E-state index in [1.807, 2.05) is 0 Å². The highest BCUT2D eigenvalue weighted by atomic mass is 32.2. The number of carbonyl (C=O) groups is 4. The van der Waals surface area contributed by atoms with Crippen LogP contribution in [0.25, 0.3) is 0 Å². The third-order valence-electron chi connectivity index (χ3n) is 7.10. The second-order valence-corrected chi connectivity index (χ2v) is 11.7. The van der Waals surface area contributed by atoms with E-state index in [0.29, 0.717) is 4.91 Å². The van der Waals surface area contributed by atoms with Gasteiger partial charge >= 0.3 is 24.3 Å². The number of carbonyl (C=O) groups excluding carboxylic acids is 4. The van der Waals surface area contributed by atoms with Crippen LogP contribution in [0.5, 0.6) is 0 Å². The summed E-state index contributed by atoms with van der Waals surface area (Å²) in [7, 11) is 0. The Labute approximate surface area is 245 Å². The third kappa shape index (κ3) is 7.44. The van der Waals surface area contributed by atoms with Crippen LogP contribution < -0.4 is 10.6 Å². The lowest BCUT2D eigenvalue weighted by Crippen LogP contribution is -2.63. The summed E-state index contributed by atoms with van der Waals surface area (Å²) in [6, 6.07) is 3.72. The largest absolute Gasteiger partial charge is 0.452 e. The number of anilines is 1. The van der Waals surface area contributed by atoms with Gasteiger partial charge in [0.15, 0.2) is 13.2 Å². The number of alkyl halides is 6. The number of hydrogen-bond acceptors (Lipinski definition) is 9. The van der Waals surface area contributed by atoms with Gasteiger partial charge in [-0.05, 0) is 31.5 Å². The highest BCUT2D eigenvalue weighted by molar-refractivity contribution is 8.03. The highest BCUT2D eigenvalue weighted by Gasteiger charge is 2.60. The number of nitrogens with zero attached hydrogens (tertiary/aromatic N) is 1. The molecule has 10 nitrogen and oxygen atoms in total. The highest BCUT2D eigenvalue weighted by Crippen LogP contribution is 2.52. The van der Waals surface area contributed by atoms with Gasteiger partial charge in [-0.3, -0.25) is 9.59 Å². The van der Waals surface area contributed by atoms with Gasteiger partial charge in [-0.25, -0.2) is 9.59 Å². The van der Waals surface area contributed by atoms with Crippen LogP contribution in [0, 0.1) is 11.8 Å². The minimum absolute atomic E-state index is 0.123. The van der Waals surface area contributed by atoms with Gasteiger partial charge in [0.1, 0.15) is 5.70 Å². The van der Waals surface area contributed by atoms with Crippen molar-refractivity contribution in [1.82, 2.24) is 10.2 Å². The summed E-state index contributed by atoms with van der Waals surface area (Å²) in [5.41, 5.74) is -0.398. The molecule has 3 aliphatic rings. The average molecular weight is 640 g/mol. The van der Waals surface area contributed by atoms with Crippen molar-refractivity contribution in [3.8, 4) is 0 Å². The van der Waals surface area contributed by atoms with Gasteiger partial charge in [-0.2, -0.15) is 26.3 Å². The van der Waals surface area contributed by atoms with Gasteiger partial charge in [0.25, 0.3) is 0 Å². The van der Waals surface area contributed by atoms with Gasteiger partial charge in [-0.1, -0.05) is 13.0 Å². The van der Waals surface area contributed by atoms with Crippen LogP contribution in [0.4, 0.5) is 32.0 Å². The van der Waals surface area contributed by atoms with Gasteiger partial charge in [-0.15, -0.1) is 11.8 Å². The zero-order valence-corrected chi connectivity index (χ0v) is 23.4. The van der Waals surface area contributed by atoms with Crippen molar-refractivity contribution >= 4 is 41.2 Å². The summed E-state index contributed by atoms with van der Waals surface area (Å²) in [6.45, 7) is -0.277.